The second kappa shape index (κ2) is 6.91. The van der Waals surface area contributed by atoms with Gasteiger partial charge in [0.15, 0.2) is 0 Å². The van der Waals surface area contributed by atoms with Crippen LogP contribution in [0.15, 0.2) is 65.3 Å². The number of aromatic nitrogens is 1. The van der Waals surface area contributed by atoms with Crippen molar-refractivity contribution in [2.75, 3.05) is 31.1 Å². The van der Waals surface area contributed by atoms with Gasteiger partial charge in [0.05, 0.1) is 5.52 Å². The number of fused-ring (bicyclic) bond motifs is 1. The molecule has 0 unspecified atom stereocenters. The van der Waals surface area contributed by atoms with Crippen molar-refractivity contribution < 1.29 is 0 Å². The van der Waals surface area contributed by atoms with Crippen LogP contribution in [-0.2, 0) is 6.54 Å². The number of benzene rings is 2. The second-order valence-electron chi connectivity index (χ2n) is 6.28. The third-order valence-corrected chi connectivity index (χ3v) is 5.09. The molecule has 1 fully saturated rings. The largest absolute Gasteiger partial charge is 0.369 e. The Morgan fingerprint density at radius 1 is 0.917 bits per heavy atom. The summed E-state index contributed by atoms with van der Waals surface area (Å²) in [5.41, 5.74) is 3.67. The molecule has 3 aromatic rings. The SMILES string of the molecule is Brc1cccc(N2CCN(Cc3cnc4ccccc4c3)CC2)c1. The Kier molecular flexibility index (Phi) is 4.50. The molecule has 1 aliphatic rings. The maximum Gasteiger partial charge on any atom is 0.0702 e. The monoisotopic (exact) mass is 381 g/mol. The first kappa shape index (κ1) is 15.6. The van der Waals surface area contributed by atoms with Gasteiger partial charge in [-0.3, -0.25) is 9.88 Å². The summed E-state index contributed by atoms with van der Waals surface area (Å²) in [6, 6.07) is 19.1. The Labute approximate surface area is 151 Å². The van der Waals surface area contributed by atoms with Crippen molar-refractivity contribution in [3.63, 3.8) is 0 Å². The van der Waals surface area contributed by atoms with E-state index in [9.17, 15) is 0 Å². The second-order valence-corrected chi connectivity index (χ2v) is 7.20. The van der Waals surface area contributed by atoms with E-state index >= 15 is 0 Å². The predicted octanol–water partition coefficient (Wildman–Crippen LogP) is 4.32. The van der Waals surface area contributed by atoms with E-state index in [2.05, 4.69) is 79.2 Å². The average Bonchev–Trinajstić information content (AvgIpc) is 2.62. The van der Waals surface area contributed by atoms with Crippen LogP contribution < -0.4 is 4.90 Å². The average molecular weight is 382 g/mol. The Morgan fingerprint density at radius 3 is 2.58 bits per heavy atom. The Hall–Kier alpha value is -1.91. The molecule has 4 heteroatoms. The fraction of sp³-hybridized carbons (Fsp3) is 0.250. The van der Waals surface area contributed by atoms with Gasteiger partial charge in [-0.1, -0.05) is 40.2 Å². The first-order valence-electron chi connectivity index (χ1n) is 8.34. The van der Waals surface area contributed by atoms with Gasteiger partial charge in [0.2, 0.25) is 0 Å². The molecule has 0 atom stereocenters. The molecule has 0 N–H and O–H groups in total. The topological polar surface area (TPSA) is 19.4 Å². The molecule has 122 valence electrons. The van der Waals surface area contributed by atoms with E-state index in [-0.39, 0.29) is 0 Å². The predicted molar refractivity (Wildman–Crippen MR) is 103 cm³/mol. The van der Waals surface area contributed by atoms with E-state index in [0.29, 0.717) is 0 Å². The van der Waals surface area contributed by atoms with Gasteiger partial charge in [-0.25, -0.2) is 0 Å². The number of hydrogen-bond acceptors (Lipinski definition) is 3. The van der Waals surface area contributed by atoms with Gasteiger partial charge in [0.25, 0.3) is 0 Å². The van der Waals surface area contributed by atoms with Crippen LogP contribution in [0.5, 0.6) is 0 Å². The van der Waals surface area contributed by atoms with Crippen LogP contribution in [0.3, 0.4) is 0 Å². The quantitative estimate of drug-likeness (QED) is 0.673. The summed E-state index contributed by atoms with van der Waals surface area (Å²) in [5.74, 6) is 0. The van der Waals surface area contributed by atoms with Crippen molar-refractivity contribution in [1.82, 2.24) is 9.88 Å². The summed E-state index contributed by atoms with van der Waals surface area (Å²) in [6.07, 6.45) is 2.02. The van der Waals surface area contributed by atoms with Crippen LogP contribution in [0.2, 0.25) is 0 Å². The zero-order chi connectivity index (χ0) is 16.4. The molecular weight excluding hydrogens is 362 g/mol. The lowest BCUT2D eigenvalue weighted by Crippen LogP contribution is -2.45. The molecule has 0 amide bonds. The van der Waals surface area contributed by atoms with E-state index in [1.165, 1.54) is 16.6 Å². The Morgan fingerprint density at radius 2 is 1.75 bits per heavy atom. The zero-order valence-electron chi connectivity index (χ0n) is 13.5. The molecule has 4 rings (SSSR count). The van der Waals surface area contributed by atoms with E-state index < -0.39 is 0 Å². The number of piperazine rings is 1. The van der Waals surface area contributed by atoms with Crippen LogP contribution in [-0.4, -0.2) is 36.1 Å². The van der Waals surface area contributed by atoms with Crippen molar-refractivity contribution >= 4 is 32.5 Å². The number of para-hydroxylation sites is 1. The summed E-state index contributed by atoms with van der Waals surface area (Å²) in [5, 5.41) is 1.22. The van der Waals surface area contributed by atoms with Gasteiger partial charge in [-0.15, -0.1) is 0 Å². The third kappa shape index (κ3) is 3.45. The molecule has 0 aliphatic carbocycles. The first-order chi connectivity index (χ1) is 11.8. The fourth-order valence-electron chi connectivity index (χ4n) is 3.30. The molecule has 1 saturated heterocycles. The molecular formula is C20H20BrN3. The van der Waals surface area contributed by atoms with Gasteiger partial charge in [0, 0.05) is 54.5 Å². The lowest BCUT2D eigenvalue weighted by Gasteiger charge is -2.36. The van der Waals surface area contributed by atoms with Gasteiger partial charge in [-0.05, 0) is 35.9 Å². The maximum atomic E-state index is 4.58. The molecule has 2 heterocycles. The molecule has 1 aromatic heterocycles. The number of nitrogens with zero attached hydrogens (tertiary/aromatic N) is 3. The minimum absolute atomic E-state index is 0.976. The van der Waals surface area contributed by atoms with Gasteiger partial charge in [0.1, 0.15) is 0 Å². The van der Waals surface area contributed by atoms with Gasteiger partial charge >= 0.3 is 0 Å². The number of pyridine rings is 1. The van der Waals surface area contributed by atoms with Crippen molar-refractivity contribution in [2.45, 2.75) is 6.54 Å². The molecule has 0 radical (unpaired) electrons. The first-order valence-corrected chi connectivity index (χ1v) is 9.14. The highest BCUT2D eigenvalue weighted by Crippen LogP contribution is 2.22. The summed E-state index contributed by atoms with van der Waals surface area (Å²) in [4.78, 5) is 9.55. The maximum absolute atomic E-state index is 4.58. The van der Waals surface area contributed by atoms with Crippen molar-refractivity contribution in [2.24, 2.45) is 0 Å². The highest BCUT2D eigenvalue weighted by molar-refractivity contribution is 9.10. The molecule has 24 heavy (non-hydrogen) atoms. The fourth-order valence-corrected chi connectivity index (χ4v) is 3.69. The molecule has 3 nitrogen and oxygen atoms in total. The standard InChI is InChI=1S/C20H20BrN3/c21-18-5-3-6-19(13-18)24-10-8-23(9-11-24)15-16-12-17-4-1-2-7-20(17)22-14-16/h1-7,12-14H,8-11,15H2. The number of hydrogen-bond donors (Lipinski definition) is 0. The minimum Gasteiger partial charge on any atom is -0.369 e. The minimum atomic E-state index is 0.976. The van der Waals surface area contributed by atoms with Gasteiger partial charge in [-0.2, -0.15) is 0 Å². The Balaban J connectivity index is 1.40. The molecule has 2 aromatic carbocycles. The smallest absolute Gasteiger partial charge is 0.0702 e. The third-order valence-electron chi connectivity index (χ3n) is 4.60. The van der Waals surface area contributed by atoms with Crippen molar-refractivity contribution in [3.8, 4) is 0 Å². The summed E-state index contributed by atoms with van der Waals surface area (Å²) < 4.78 is 1.14. The van der Waals surface area contributed by atoms with Crippen molar-refractivity contribution in [1.29, 1.82) is 0 Å². The molecule has 0 spiro atoms. The van der Waals surface area contributed by atoms with Gasteiger partial charge < -0.3 is 4.90 Å². The number of rotatable bonds is 3. The zero-order valence-corrected chi connectivity index (χ0v) is 15.1. The summed E-state index contributed by atoms with van der Waals surface area (Å²) in [7, 11) is 0. The Bertz CT molecular complexity index is 841. The van der Waals surface area contributed by atoms with Crippen LogP contribution in [0.4, 0.5) is 5.69 Å². The molecule has 0 bridgehead atoms. The van der Waals surface area contributed by atoms with E-state index in [0.717, 1.165) is 42.7 Å². The number of anilines is 1. The summed E-state index contributed by atoms with van der Waals surface area (Å²) in [6.45, 7) is 5.28. The van der Waals surface area contributed by atoms with Crippen LogP contribution in [0.25, 0.3) is 10.9 Å². The highest BCUT2D eigenvalue weighted by atomic mass is 79.9. The van der Waals surface area contributed by atoms with Crippen molar-refractivity contribution in [3.05, 3.63) is 70.8 Å². The lowest BCUT2D eigenvalue weighted by molar-refractivity contribution is 0.249. The number of halogens is 1. The normalized spacial score (nSPS) is 15.8. The van der Waals surface area contributed by atoms with Crippen LogP contribution >= 0.6 is 15.9 Å². The van der Waals surface area contributed by atoms with E-state index in [1.54, 1.807) is 0 Å². The molecule has 1 aliphatic heterocycles. The van der Waals surface area contributed by atoms with E-state index in [4.69, 9.17) is 0 Å². The lowest BCUT2D eigenvalue weighted by atomic mass is 10.1. The summed E-state index contributed by atoms with van der Waals surface area (Å²) >= 11 is 3.56. The molecule has 0 saturated carbocycles. The van der Waals surface area contributed by atoms with E-state index in [1.807, 2.05) is 12.3 Å². The van der Waals surface area contributed by atoms with Crippen LogP contribution in [0.1, 0.15) is 5.56 Å². The highest BCUT2D eigenvalue weighted by Gasteiger charge is 2.17. The van der Waals surface area contributed by atoms with Crippen LogP contribution in [0, 0.1) is 0 Å².